The number of carbonyl (C=O) groups excluding carboxylic acids is 1. The number of aryl methyl sites for hydroxylation is 1. The number of nitrogens with one attached hydrogen (secondary N) is 1. The molecule has 5 rings (SSSR count). The molecule has 0 spiro atoms. The second kappa shape index (κ2) is 7.07. The maximum absolute atomic E-state index is 12.9. The molecule has 29 heavy (non-hydrogen) atoms. The fourth-order valence-corrected chi connectivity index (χ4v) is 4.73. The Kier molecular flexibility index (Phi) is 4.38. The number of rotatable bonds is 3. The van der Waals surface area contributed by atoms with E-state index in [0.29, 0.717) is 0 Å². The van der Waals surface area contributed by atoms with Gasteiger partial charge < -0.3 is 15.0 Å². The van der Waals surface area contributed by atoms with Gasteiger partial charge in [-0.05, 0) is 54.7 Å². The number of hydrogen-bond acceptors (Lipinski definition) is 4. The van der Waals surface area contributed by atoms with Crippen molar-refractivity contribution in [1.29, 1.82) is 0 Å². The van der Waals surface area contributed by atoms with Gasteiger partial charge in [-0.25, -0.2) is 4.98 Å². The van der Waals surface area contributed by atoms with Crippen molar-refractivity contribution in [1.82, 2.24) is 9.88 Å². The van der Waals surface area contributed by atoms with Crippen LogP contribution < -0.4 is 5.32 Å². The van der Waals surface area contributed by atoms with Gasteiger partial charge in [0.2, 0.25) is 0 Å². The van der Waals surface area contributed by atoms with Gasteiger partial charge in [0.05, 0.1) is 13.2 Å². The second-order valence-corrected chi connectivity index (χ2v) is 8.03. The number of carbonyl (C=O) groups is 1. The Morgan fingerprint density at radius 1 is 1.21 bits per heavy atom. The summed E-state index contributed by atoms with van der Waals surface area (Å²) in [6, 6.07) is 10.3. The molecule has 148 valence electrons. The van der Waals surface area contributed by atoms with Crippen LogP contribution >= 0.6 is 0 Å². The molecule has 0 saturated carbocycles. The number of fused-ring (bicyclic) bond motifs is 3. The van der Waals surface area contributed by atoms with Crippen molar-refractivity contribution in [3.05, 3.63) is 76.7 Å². The van der Waals surface area contributed by atoms with E-state index in [1.807, 2.05) is 35.4 Å². The van der Waals surface area contributed by atoms with Gasteiger partial charge in [-0.15, -0.1) is 0 Å². The third kappa shape index (κ3) is 3.01. The molecule has 2 aromatic rings. The van der Waals surface area contributed by atoms with Crippen LogP contribution in [0.15, 0.2) is 54.4 Å². The standard InChI is InChI=1S/C24H25N3O2/c1-15-12-19-21-18(8-9-20(29-2)22(21)26-23(19)25-14-15)16-6-5-7-17(13-16)24(28)27-10-3-4-11-27/h5-9,12-14,21-22H,3-4,10-11H2,1-2H3,(H,25,26). The van der Waals surface area contributed by atoms with Crippen LogP contribution in [0.4, 0.5) is 5.82 Å². The van der Waals surface area contributed by atoms with Crippen LogP contribution in [-0.4, -0.2) is 42.0 Å². The number of allylic oxidation sites excluding steroid dienone is 2. The molecule has 2 aliphatic heterocycles. The Labute approximate surface area is 171 Å². The second-order valence-electron chi connectivity index (χ2n) is 8.03. The summed E-state index contributed by atoms with van der Waals surface area (Å²) >= 11 is 0. The molecule has 1 N–H and O–H groups in total. The van der Waals surface area contributed by atoms with E-state index in [1.54, 1.807) is 7.11 Å². The van der Waals surface area contributed by atoms with E-state index >= 15 is 0 Å². The third-order valence-electron chi connectivity index (χ3n) is 6.16. The molecule has 5 nitrogen and oxygen atoms in total. The predicted molar refractivity (Wildman–Crippen MR) is 114 cm³/mol. The van der Waals surface area contributed by atoms with Crippen LogP contribution in [0, 0.1) is 6.92 Å². The molecule has 0 radical (unpaired) electrons. The molecule has 1 aliphatic carbocycles. The van der Waals surface area contributed by atoms with Crippen LogP contribution in [0.1, 0.15) is 45.8 Å². The highest BCUT2D eigenvalue weighted by Gasteiger charge is 2.40. The summed E-state index contributed by atoms with van der Waals surface area (Å²) < 4.78 is 5.65. The zero-order valence-corrected chi connectivity index (χ0v) is 16.8. The van der Waals surface area contributed by atoms with E-state index in [0.717, 1.165) is 54.2 Å². The molecule has 3 heterocycles. The van der Waals surface area contributed by atoms with Crippen molar-refractivity contribution >= 4 is 17.3 Å². The molecule has 1 fully saturated rings. The molecule has 1 aromatic heterocycles. The number of pyridine rings is 1. The quantitative estimate of drug-likeness (QED) is 0.860. The first kappa shape index (κ1) is 18.0. The van der Waals surface area contributed by atoms with Gasteiger partial charge in [0.25, 0.3) is 5.91 Å². The molecule has 1 aromatic carbocycles. The maximum Gasteiger partial charge on any atom is 0.253 e. The monoisotopic (exact) mass is 387 g/mol. The number of hydrogen-bond donors (Lipinski definition) is 1. The van der Waals surface area contributed by atoms with Gasteiger partial charge >= 0.3 is 0 Å². The van der Waals surface area contributed by atoms with Gasteiger partial charge in [-0.3, -0.25) is 4.79 Å². The number of ether oxygens (including phenoxy) is 1. The summed E-state index contributed by atoms with van der Waals surface area (Å²) in [6.07, 6.45) is 8.23. The van der Waals surface area contributed by atoms with Crippen molar-refractivity contribution in [2.75, 3.05) is 25.5 Å². The lowest BCUT2D eigenvalue weighted by Gasteiger charge is -2.28. The van der Waals surface area contributed by atoms with Crippen LogP contribution in [0.5, 0.6) is 0 Å². The van der Waals surface area contributed by atoms with Crippen LogP contribution in [0.25, 0.3) is 5.57 Å². The Morgan fingerprint density at radius 3 is 2.83 bits per heavy atom. The highest BCUT2D eigenvalue weighted by Crippen LogP contribution is 2.48. The van der Waals surface area contributed by atoms with Gasteiger partial charge in [0.1, 0.15) is 11.6 Å². The zero-order valence-electron chi connectivity index (χ0n) is 16.8. The van der Waals surface area contributed by atoms with E-state index in [1.165, 1.54) is 11.1 Å². The minimum absolute atomic E-state index is 0.0160. The number of likely N-dealkylation sites (tertiary alicyclic amines) is 1. The molecule has 5 heteroatoms. The van der Waals surface area contributed by atoms with E-state index in [2.05, 4.69) is 35.4 Å². The number of methoxy groups -OCH3 is 1. The number of aromatic nitrogens is 1. The predicted octanol–water partition coefficient (Wildman–Crippen LogP) is 4.13. The Morgan fingerprint density at radius 2 is 2.03 bits per heavy atom. The first-order valence-electron chi connectivity index (χ1n) is 10.2. The first-order valence-corrected chi connectivity index (χ1v) is 10.2. The van der Waals surface area contributed by atoms with Crippen LogP contribution in [0.2, 0.25) is 0 Å². The summed E-state index contributed by atoms with van der Waals surface area (Å²) in [5, 5.41) is 3.53. The molecule has 3 aliphatic rings. The molecule has 1 saturated heterocycles. The van der Waals surface area contributed by atoms with Crippen molar-refractivity contribution in [2.24, 2.45) is 0 Å². The fraction of sp³-hybridized carbons (Fsp3) is 0.333. The Balaban J connectivity index is 1.56. The smallest absolute Gasteiger partial charge is 0.253 e. The fourth-order valence-electron chi connectivity index (χ4n) is 4.73. The van der Waals surface area contributed by atoms with Crippen molar-refractivity contribution in [2.45, 2.75) is 31.7 Å². The van der Waals surface area contributed by atoms with Gasteiger partial charge in [0.15, 0.2) is 0 Å². The normalized spacial score (nSPS) is 22.3. The SMILES string of the molecule is COC1=CC=C(c2cccc(C(=O)N3CCCC3)c2)C2c3cc(C)cnc3NC12. The highest BCUT2D eigenvalue weighted by molar-refractivity contribution is 5.95. The average molecular weight is 387 g/mol. The van der Waals surface area contributed by atoms with E-state index < -0.39 is 0 Å². The number of benzene rings is 1. The third-order valence-corrected chi connectivity index (χ3v) is 6.16. The minimum atomic E-state index is 0.0160. The van der Waals surface area contributed by atoms with Gasteiger partial charge in [0, 0.05) is 36.3 Å². The summed E-state index contributed by atoms with van der Waals surface area (Å²) in [5.74, 6) is 2.05. The zero-order chi connectivity index (χ0) is 20.0. The largest absolute Gasteiger partial charge is 0.499 e. The molecule has 2 atom stereocenters. The average Bonchev–Trinajstić information content (AvgIpc) is 3.41. The van der Waals surface area contributed by atoms with E-state index in [4.69, 9.17) is 4.74 Å². The van der Waals surface area contributed by atoms with E-state index in [9.17, 15) is 4.79 Å². The number of nitrogens with zero attached hydrogens (tertiary/aromatic N) is 2. The first-order chi connectivity index (χ1) is 14.2. The van der Waals surface area contributed by atoms with Crippen molar-refractivity contribution in [3.8, 4) is 0 Å². The number of amides is 1. The molecular weight excluding hydrogens is 362 g/mol. The summed E-state index contributed by atoms with van der Waals surface area (Å²) in [7, 11) is 1.71. The summed E-state index contributed by atoms with van der Waals surface area (Å²) in [6.45, 7) is 3.78. The van der Waals surface area contributed by atoms with Gasteiger partial charge in [-0.1, -0.05) is 24.3 Å². The number of anilines is 1. The van der Waals surface area contributed by atoms with Crippen molar-refractivity contribution < 1.29 is 9.53 Å². The lowest BCUT2D eigenvalue weighted by atomic mass is 9.80. The Hall–Kier alpha value is -3.08. The van der Waals surface area contributed by atoms with E-state index in [-0.39, 0.29) is 17.9 Å². The van der Waals surface area contributed by atoms with Crippen molar-refractivity contribution in [3.63, 3.8) is 0 Å². The molecular formula is C24H25N3O2. The molecule has 0 bridgehead atoms. The van der Waals surface area contributed by atoms with Crippen LogP contribution in [0.3, 0.4) is 0 Å². The lowest BCUT2D eigenvalue weighted by molar-refractivity contribution is 0.0793. The highest BCUT2D eigenvalue weighted by atomic mass is 16.5. The summed E-state index contributed by atoms with van der Waals surface area (Å²) in [5.41, 5.74) is 5.34. The van der Waals surface area contributed by atoms with Gasteiger partial charge in [-0.2, -0.15) is 0 Å². The van der Waals surface area contributed by atoms with Crippen LogP contribution in [-0.2, 0) is 4.74 Å². The summed E-state index contributed by atoms with van der Waals surface area (Å²) in [4.78, 5) is 19.5. The topological polar surface area (TPSA) is 54.5 Å². The molecule has 1 amide bonds. The minimum Gasteiger partial charge on any atom is -0.499 e. The molecule has 2 unspecified atom stereocenters. The maximum atomic E-state index is 12.9. The Bertz CT molecular complexity index is 1030. The lowest BCUT2D eigenvalue weighted by Crippen LogP contribution is -2.28.